The minimum Gasteiger partial charge on any atom is -0.276 e. The summed E-state index contributed by atoms with van der Waals surface area (Å²) in [5, 5.41) is 2.83. The lowest BCUT2D eigenvalue weighted by atomic mass is 9.81. The molecule has 1 aliphatic rings. The summed E-state index contributed by atoms with van der Waals surface area (Å²) in [4.78, 5) is 16.2. The van der Waals surface area contributed by atoms with Gasteiger partial charge in [-0.25, -0.2) is 13.8 Å². The maximum absolute atomic E-state index is 12.8. The molecule has 2 aromatic heterocycles. The Bertz CT molecular complexity index is 678. The van der Waals surface area contributed by atoms with Gasteiger partial charge in [0.05, 0.1) is 0 Å². The number of nitrogens with one attached hydrogen (secondary N) is 1. The average molecular weight is 253 g/mol. The molecule has 1 N–H and O–H groups in total. The Balaban J connectivity index is 2.07. The highest BCUT2D eigenvalue weighted by Gasteiger charge is 2.47. The minimum absolute atomic E-state index is 0.171. The Hall–Kier alpha value is -1.72. The van der Waals surface area contributed by atoms with E-state index in [2.05, 4.69) is 10.1 Å². The minimum atomic E-state index is -2.58. The van der Waals surface area contributed by atoms with E-state index < -0.39 is 5.92 Å². The first-order valence-electron chi connectivity index (χ1n) is 5.84. The smallest absolute Gasteiger partial charge is 0.274 e. The van der Waals surface area contributed by atoms with Crippen LogP contribution < -0.4 is 5.56 Å². The van der Waals surface area contributed by atoms with Crippen molar-refractivity contribution in [3.8, 4) is 0 Å². The van der Waals surface area contributed by atoms with Gasteiger partial charge < -0.3 is 0 Å². The van der Waals surface area contributed by atoms with Crippen molar-refractivity contribution in [2.24, 2.45) is 0 Å². The highest BCUT2D eigenvalue weighted by Crippen LogP contribution is 2.47. The van der Waals surface area contributed by atoms with E-state index >= 15 is 0 Å². The molecule has 0 radical (unpaired) electrons. The summed E-state index contributed by atoms with van der Waals surface area (Å²) in [6.07, 6.45) is -0.390. The summed E-state index contributed by atoms with van der Waals surface area (Å²) in [7, 11) is 0. The van der Waals surface area contributed by atoms with Gasteiger partial charge in [0.1, 0.15) is 5.82 Å². The van der Waals surface area contributed by atoms with Gasteiger partial charge in [0.15, 0.2) is 5.65 Å². The van der Waals surface area contributed by atoms with Gasteiger partial charge in [-0.05, 0) is 25.5 Å². The van der Waals surface area contributed by atoms with Crippen LogP contribution in [0.4, 0.5) is 8.78 Å². The number of aromatic nitrogens is 3. The first-order valence-corrected chi connectivity index (χ1v) is 5.84. The van der Waals surface area contributed by atoms with Crippen molar-refractivity contribution in [3.63, 3.8) is 0 Å². The molecule has 4 nitrogen and oxygen atoms in total. The molecular weight excluding hydrogens is 240 g/mol. The third kappa shape index (κ3) is 1.55. The summed E-state index contributed by atoms with van der Waals surface area (Å²) in [6, 6.07) is 1.79. The van der Waals surface area contributed by atoms with E-state index in [0.29, 0.717) is 17.0 Å². The summed E-state index contributed by atoms with van der Waals surface area (Å²) in [5.41, 5.74) is 1.82. The van der Waals surface area contributed by atoms with Crippen LogP contribution in [0, 0.1) is 13.8 Å². The fourth-order valence-electron chi connectivity index (χ4n) is 2.30. The van der Waals surface area contributed by atoms with E-state index in [9.17, 15) is 13.6 Å². The van der Waals surface area contributed by atoms with Gasteiger partial charge in [-0.2, -0.15) is 4.52 Å². The van der Waals surface area contributed by atoms with E-state index in [1.54, 1.807) is 13.0 Å². The zero-order valence-electron chi connectivity index (χ0n) is 10.1. The number of hydrogen-bond acceptors (Lipinski definition) is 2. The number of nitrogens with zero attached hydrogens (tertiary/aromatic N) is 2. The van der Waals surface area contributed by atoms with Crippen molar-refractivity contribution < 1.29 is 8.78 Å². The molecule has 0 bridgehead atoms. The summed E-state index contributed by atoms with van der Waals surface area (Å²) < 4.78 is 27.0. The number of fused-ring (bicyclic) bond motifs is 1. The maximum atomic E-state index is 12.8. The van der Waals surface area contributed by atoms with E-state index in [0.717, 1.165) is 5.56 Å². The van der Waals surface area contributed by atoms with Crippen LogP contribution in [-0.2, 0) is 0 Å². The molecule has 1 fully saturated rings. The normalized spacial score (nSPS) is 19.1. The molecular formula is C12H13F2N3O. The van der Waals surface area contributed by atoms with E-state index in [1.165, 1.54) is 4.52 Å². The quantitative estimate of drug-likeness (QED) is 0.846. The first-order chi connectivity index (χ1) is 8.37. The van der Waals surface area contributed by atoms with E-state index in [4.69, 9.17) is 0 Å². The van der Waals surface area contributed by atoms with Crippen molar-refractivity contribution >= 4 is 5.65 Å². The van der Waals surface area contributed by atoms with Crippen molar-refractivity contribution in [1.82, 2.24) is 14.6 Å². The lowest BCUT2D eigenvalue weighted by molar-refractivity contribution is -0.0884. The Morgan fingerprint density at radius 1 is 1.44 bits per heavy atom. The van der Waals surface area contributed by atoms with Gasteiger partial charge in [-0.15, -0.1) is 0 Å². The summed E-state index contributed by atoms with van der Waals surface area (Å²) in [5.74, 6) is -2.39. The molecule has 96 valence electrons. The van der Waals surface area contributed by atoms with Crippen molar-refractivity contribution in [2.45, 2.75) is 38.5 Å². The molecule has 0 unspecified atom stereocenters. The van der Waals surface area contributed by atoms with Crippen LogP contribution in [0.1, 0.15) is 35.7 Å². The molecule has 1 saturated carbocycles. The van der Waals surface area contributed by atoms with Gasteiger partial charge in [-0.1, -0.05) is 0 Å². The monoisotopic (exact) mass is 253 g/mol. The summed E-state index contributed by atoms with van der Waals surface area (Å²) in [6.45, 7) is 3.57. The second kappa shape index (κ2) is 3.40. The van der Waals surface area contributed by atoms with Gasteiger partial charge in [0.2, 0.25) is 5.92 Å². The predicted molar refractivity (Wildman–Crippen MR) is 62.2 cm³/mol. The Labute approximate surface area is 102 Å². The number of aromatic amines is 1. The fourth-order valence-corrected chi connectivity index (χ4v) is 2.30. The first kappa shape index (κ1) is 11.4. The lowest BCUT2D eigenvalue weighted by Crippen LogP contribution is -2.34. The largest absolute Gasteiger partial charge is 0.276 e. The highest BCUT2D eigenvalue weighted by atomic mass is 19.3. The zero-order chi connectivity index (χ0) is 13.1. The number of alkyl halides is 2. The number of rotatable bonds is 1. The molecule has 0 atom stereocenters. The van der Waals surface area contributed by atoms with Crippen LogP contribution in [0.25, 0.3) is 5.65 Å². The molecule has 2 aromatic rings. The molecule has 0 spiro atoms. The molecule has 2 heterocycles. The maximum Gasteiger partial charge on any atom is 0.274 e. The second-order valence-corrected chi connectivity index (χ2v) is 5.02. The van der Waals surface area contributed by atoms with Crippen molar-refractivity contribution in [2.75, 3.05) is 0 Å². The highest BCUT2D eigenvalue weighted by molar-refractivity contribution is 5.43. The molecule has 0 saturated heterocycles. The topological polar surface area (TPSA) is 50.2 Å². The number of hydrogen-bond donors (Lipinski definition) is 1. The standard InChI is InChI=1S/C12H13F2N3O/c1-6-3-9-15-10(8-4-12(13,14)5-8)16-17(9)11(18)7(6)2/h3,8H,4-5H2,1-2H3,(H,15,16). The molecule has 0 aliphatic heterocycles. The van der Waals surface area contributed by atoms with Crippen LogP contribution in [0.5, 0.6) is 0 Å². The second-order valence-electron chi connectivity index (χ2n) is 5.02. The van der Waals surface area contributed by atoms with Crippen LogP contribution in [0.2, 0.25) is 0 Å². The number of aryl methyl sites for hydroxylation is 1. The number of H-pyrrole nitrogens is 1. The van der Waals surface area contributed by atoms with Crippen molar-refractivity contribution in [3.05, 3.63) is 33.4 Å². The molecule has 3 rings (SSSR count). The van der Waals surface area contributed by atoms with Gasteiger partial charge in [0, 0.05) is 24.3 Å². The van der Waals surface area contributed by atoms with Crippen LogP contribution in [-0.4, -0.2) is 20.5 Å². The fraction of sp³-hybridized carbons (Fsp3) is 0.500. The Kier molecular flexibility index (Phi) is 2.15. The Morgan fingerprint density at radius 2 is 2.11 bits per heavy atom. The zero-order valence-corrected chi connectivity index (χ0v) is 10.1. The average Bonchev–Trinajstić information content (AvgIpc) is 2.66. The van der Waals surface area contributed by atoms with E-state index in [-0.39, 0.29) is 24.3 Å². The number of halogens is 2. The van der Waals surface area contributed by atoms with Crippen molar-refractivity contribution in [1.29, 1.82) is 0 Å². The van der Waals surface area contributed by atoms with Crippen LogP contribution in [0.15, 0.2) is 10.9 Å². The van der Waals surface area contributed by atoms with E-state index in [1.807, 2.05) is 6.92 Å². The molecule has 1 aliphatic carbocycles. The predicted octanol–water partition coefficient (Wildman–Crippen LogP) is 2.15. The molecule has 18 heavy (non-hydrogen) atoms. The molecule has 0 aromatic carbocycles. The van der Waals surface area contributed by atoms with Crippen LogP contribution in [0.3, 0.4) is 0 Å². The number of pyridine rings is 1. The molecule has 6 heteroatoms. The SMILES string of the molecule is Cc1cc2nc(C3CC(F)(F)C3)[nH]n2c(=O)c1C. The van der Waals surface area contributed by atoms with Gasteiger partial charge in [0.25, 0.3) is 5.56 Å². The third-order valence-corrected chi connectivity index (χ3v) is 3.63. The Morgan fingerprint density at radius 3 is 2.72 bits per heavy atom. The van der Waals surface area contributed by atoms with Gasteiger partial charge >= 0.3 is 0 Å². The summed E-state index contributed by atoms with van der Waals surface area (Å²) >= 11 is 0. The third-order valence-electron chi connectivity index (χ3n) is 3.63. The lowest BCUT2D eigenvalue weighted by Gasteiger charge is -2.33. The molecule has 0 amide bonds. The van der Waals surface area contributed by atoms with Gasteiger partial charge in [-0.3, -0.25) is 9.89 Å². The van der Waals surface area contributed by atoms with Crippen LogP contribution >= 0.6 is 0 Å².